The fourth-order valence-electron chi connectivity index (χ4n) is 2.01. The topological polar surface area (TPSA) is 58.4 Å². The van der Waals surface area contributed by atoms with Crippen LogP contribution in [0.2, 0.25) is 5.02 Å². The third-order valence-corrected chi connectivity index (χ3v) is 3.68. The zero-order valence-corrected chi connectivity index (χ0v) is 13.1. The van der Waals surface area contributed by atoms with Crippen molar-refractivity contribution in [1.82, 2.24) is 15.4 Å². The number of nitrogens with zero attached hydrogens (tertiary/aromatic N) is 2. The highest BCUT2D eigenvalue weighted by Gasteiger charge is 2.13. The Kier molecular flexibility index (Phi) is 4.85. The summed E-state index contributed by atoms with van der Waals surface area (Å²) in [7, 11) is 1.73. The molecule has 0 spiro atoms. The van der Waals surface area contributed by atoms with Gasteiger partial charge in [-0.25, -0.2) is 4.79 Å². The number of urea groups is 1. The lowest BCUT2D eigenvalue weighted by molar-refractivity contribution is 0.206. The molecule has 1 aromatic heterocycles. The molecular formula is C15H18ClN3O2. The van der Waals surface area contributed by atoms with Crippen LogP contribution in [0.3, 0.4) is 0 Å². The van der Waals surface area contributed by atoms with Gasteiger partial charge in [-0.15, -0.1) is 0 Å². The summed E-state index contributed by atoms with van der Waals surface area (Å²) in [6.45, 7) is 4.53. The van der Waals surface area contributed by atoms with Crippen LogP contribution in [0.1, 0.15) is 22.6 Å². The Bertz CT molecular complexity index is 620. The molecule has 5 nitrogen and oxygen atoms in total. The summed E-state index contributed by atoms with van der Waals surface area (Å²) in [6, 6.07) is 7.31. The quantitative estimate of drug-likeness (QED) is 0.943. The highest BCUT2D eigenvalue weighted by Crippen LogP contribution is 2.16. The smallest absolute Gasteiger partial charge is 0.317 e. The highest BCUT2D eigenvalue weighted by atomic mass is 35.5. The molecule has 0 atom stereocenters. The molecule has 0 aliphatic rings. The maximum Gasteiger partial charge on any atom is 0.317 e. The number of nitrogens with one attached hydrogen (secondary N) is 1. The van der Waals surface area contributed by atoms with E-state index in [4.69, 9.17) is 16.1 Å². The average Bonchev–Trinajstić information content (AvgIpc) is 2.78. The van der Waals surface area contributed by atoms with Gasteiger partial charge in [0, 0.05) is 30.7 Å². The van der Waals surface area contributed by atoms with Gasteiger partial charge in [-0.05, 0) is 25.5 Å². The van der Waals surface area contributed by atoms with Crippen LogP contribution in [0.5, 0.6) is 0 Å². The summed E-state index contributed by atoms with van der Waals surface area (Å²) in [4.78, 5) is 13.7. The second kappa shape index (κ2) is 6.63. The van der Waals surface area contributed by atoms with Crippen LogP contribution in [0.25, 0.3) is 0 Å². The molecule has 6 heteroatoms. The van der Waals surface area contributed by atoms with Gasteiger partial charge in [-0.3, -0.25) is 0 Å². The molecule has 21 heavy (non-hydrogen) atoms. The van der Waals surface area contributed by atoms with E-state index in [2.05, 4.69) is 10.5 Å². The Morgan fingerprint density at radius 2 is 2.10 bits per heavy atom. The summed E-state index contributed by atoms with van der Waals surface area (Å²) < 4.78 is 5.07. The van der Waals surface area contributed by atoms with Crippen LogP contribution in [-0.4, -0.2) is 23.1 Å². The van der Waals surface area contributed by atoms with Gasteiger partial charge in [0.15, 0.2) is 0 Å². The van der Waals surface area contributed by atoms with Crippen LogP contribution in [0.4, 0.5) is 4.79 Å². The van der Waals surface area contributed by atoms with Gasteiger partial charge < -0.3 is 14.7 Å². The number of hydrogen-bond donors (Lipinski definition) is 1. The van der Waals surface area contributed by atoms with E-state index in [9.17, 15) is 4.79 Å². The monoisotopic (exact) mass is 307 g/mol. The van der Waals surface area contributed by atoms with Gasteiger partial charge in [-0.2, -0.15) is 0 Å². The van der Waals surface area contributed by atoms with Crippen LogP contribution in [-0.2, 0) is 13.1 Å². The fraction of sp³-hybridized carbons (Fsp3) is 0.333. The molecule has 0 fully saturated rings. The minimum Gasteiger partial charge on any atom is -0.361 e. The lowest BCUT2D eigenvalue weighted by atomic mass is 10.2. The molecule has 112 valence electrons. The van der Waals surface area contributed by atoms with Crippen molar-refractivity contribution in [2.45, 2.75) is 26.9 Å². The van der Waals surface area contributed by atoms with E-state index < -0.39 is 0 Å². The Morgan fingerprint density at radius 3 is 2.71 bits per heavy atom. The maximum atomic E-state index is 12.1. The fourth-order valence-corrected chi connectivity index (χ4v) is 2.20. The molecule has 1 heterocycles. The number of carbonyl (C=O) groups excluding carboxylic acids is 1. The average molecular weight is 308 g/mol. The Morgan fingerprint density at radius 1 is 1.38 bits per heavy atom. The van der Waals surface area contributed by atoms with Crippen molar-refractivity contribution in [2.75, 3.05) is 7.05 Å². The van der Waals surface area contributed by atoms with E-state index in [-0.39, 0.29) is 6.03 Å². The highest BCUT2D eigenvalue weighted by molar-refractivity contribution is 6.31. The third kappa shape index (κ3) is 3.76. The molecule has 2 amide bonds. The second-order valence-electron chi connectivity index (χ2n) is 4.91. The molecule has 2 rings (SSSR count). The predicted octanol–water partition coefficient (Wildman–Crippen LogP) is 3.29. The van der Waals surface area contributed by atoms with Gasteiger partial charge >= 0.3 is 6.03 Å². The minimum atomic E-state index is -0.171. The van der Waals surface area contributed by atoms with Crippen molar-refractivity contribution in [2.24, 2.45) is 0 Å². The summed E-state index contributed by atoms with van der Waals surface area (Å²) in [5, 5.41) is 7.37. The number of halogens is 1. The van der Waals surface area contributed by atoms with Crippen LogP contribution in [0.15, 0.2) is 28.8 Å². The molecule has 0 bridgehead atoms. The zero-order chi connectivity index (χ0) is 15.4. The van der Waals surface area contributed by atoms with Crippen LogP contribution < -0.4 is 5.32 Å². The van der Waals surface area contributed by atoms with Crippen molar-refractivity contribution in [3.63, 3.8) is 0 Å². The number of carbonyl (C=O) groups is 1. The predicted molar refractivity (Wildman–Crippen MR) is 81.1 cm³/mol. The number of aromatic nitrogens is 1. The number of aryl methyl sites for hydroxylation is 2. The van der Waals surface area contributed by atoms with Crippen molar-refractivity contribution < 1.29 is 9.32 Å². The van der Waals surface area contributed by atoms with E-state index in [0.29, 0.717) is 18.1 Å². The minimum absolute atomic E-state index is 0.171. The lowest BCUT2D eigenvalue weighted by Gasteiger charge is -2.18. The Balaban J connectivity index is 1.93. The van der Waals surface area contributed by atoms with E-state index in [0.717, 1.165) is 22.6 Å². The molecular weight excluding hydrogens is 290 g/mol. The van der Waals surface area contributed by atoms with Gasteiger partial charge in [0.25, 0.3) is 0 Å². The summed E-state index contributed by atoms with van der Waals surface area (Å²) in [5.74, 6) is 0.724. The van der Waals surface area contributed by atoms with Gasteiger partial charge in [0.1, 0.15) is 5.76 Å². The van der Waals surface area contributed by atoms with Crippen LogP contribution in [0, 0.1) is 13.8 Å². The number of amides is 2. The molecule has 0 aliphatic carbocycles. The van der Waals surface area contributed by atoms with Crippen molar-refractivity contribution in [3.05, 3.63) is 51.9 Å². The standard InChI is InChI=1S/C15H18ClN3O2/c1-10-13(11(2)21-18-10)8-17-15(20)19(3)9-12-6-4-5-7-14(12)16/h4-7H,8-9H2,1-3H3,(H,17,20). The SMILES string of the molecule is Cc1noc(C)c1CNC(=O)N(C)Cc1ccccc1Cl. The molecule has 0 saturated heterocycles. The summed E-state index contributed by atoms with van der Waals surface area (Å²) in [5.41, 5.74) is 2.62. The molecule has 1 N–H and O–H groups in total. The molecule has 2 aromatic rings. The maximum absolute atomic E-state index is 12.1. The number of benzene rings is 1. The van der Waals surface area contributed by atoms with E-state index in [1.165, 1.54) is 0 Å². The van der Waals surface area contributed by atoms with Gasteiger partial charge in [0.05, 0.1) is 5.69 Å². The molecule has 0 unspecified atom stereocenters. The first kappa shape index (κ1) is 15.4. The summed E-state index contributed by atoms with van der Waals surface area (Å²) >= 11 is 6.09. The first-order valence-electron chi connectivity index (χ1n) is 6.63. The lowest BCUT2D eigenvalue weighted by Crippen LogP contribution is -2.36. The molecule has 0 aliphatic heterocycles. The van der Waals surface area contributed by atoms with Crippen LogP contribution >= 0.6 is 11.6 Å². The van der Waals surface area contributed by atoms with Gasteiger partial charge in [0.2, 0.25) is 0 Å². The molecule has 0 radical (unpaired) electrons. The number of hydrogen-bond acceptors (Lipinski definition) is 3. The summed E-state index contributed by atoms with van der Waals surface area (Å²) in [6.07, 6.45) is 0. The largest absolute Gasteiger partial charge is 0.361 e. The first-order chi connectivity index (χ1) is 9.99. The van der Waals surface area contributed by atoms with E-state index in [1.54, 1.807) is 11.9 Å². The second-order valence-corrected chi connectivity index (χ2v) is 5.32. The van der Waals surface area contributed by atoms with Crippen molar-refractivity contribution >= 4 is 17.6 Å². The molecule has 0 saturated carbocycles. The Labute approximate surface area is 128 Å². The van der Waals surface area contributed by atoms with Gasteiger partial charge in [-0.1, -0.05) is 35.0 Å². The third-order valence-electron chi connectivity index (χ3n) is 3.31. The normalized spacial score (nSPS) is 10.5. The zero-order valence-electron chi connectivity index (χ0n) is 12.3. The van der Waals surface area contributed by atoms with E-state index in [1.807, 2.05) is 38.1 Å². The first-order valence-corrected chi connectivity index (χ1v) is 7.01. The van der Waals surface area contributed by atoms with Crippen molar-refractivity contribution in [1.29, 1.82) is 0 Å². The molecule has 1 aromatic carbocycles. The Hall–Kier alpha value is -2.01. The van der Waals surface area contributed by atoms with Crippen molar-refractivity contribution in [3.8, 4) is 0 Å². The van der Waals surface area contributed by atoms with E-state index >= 15 is 0 Å². The number of rotatable bonds is 4.